The van der Waals surface area contributed by atoms with Crippen molar-refractivity contribution in [2.24, 2.45) is 0 Å². The van der Waals surface area contributed by atoms with Crippen molar-refractivity contribution in [1.82, 2.24) is 4.90 Å². The molecule has 0 aromatic heterocycles. The lowest BCUT2D eigenvalue weighted by Gasteiger charge is -2.20. The zero-order valence-corrected chi connectivity index (χ0v) is 14.3. The Kier molecular flexibility index (Phi) is 6.47. The van der Waals surface area contributed by atoms with E-state index in [1.54, 1.807) is 12.1 Å². The number of benzene rings is 2. The average molecular weight is 367 g/mol. The van der Waals surface area contributed by atoms with Gasteiger partial charge in [0.1, 0.15) is 0 Å². The maximum absolute atomic E-state index is 13.2. The Morgan fingerprint density at radius 1 is 1.08 bits per heavy atom. The summed E-state index contributed by atoms with van der Waals surface area (Å²) in [5.41, 5.74) is 1.11. The van der Waals surface area contributed by atoms with Gasteiger partial charge in [0.25, 0.3) is 0 Å². The van der Waals surface area contributed by atoms with E-state index in [2.05, 4.69) is 5.32 Å². The quantitative estimate of drug-likeness (QED) is 0.848. The molecule has 132 valence electrons. The van der Waals surface area contributed by atoms with Crippen LogP contribution in [0.2, 0.25) is 5.02 Å². The van der Waals surface area contributed by atoms with Gasteiger partial charge in [-0.2, -0.15) is 0 Å². The van der Waals surface area contributed by atoms with Gasteiger partial charge in [0.15, 0.2) is 11.6 Å². The normalized spacial score (nSPS) is 10.4. The number of halogens is 3. The van der Waals surface area contributed by atoms with Crippen LogP contribution >= 0.6 is 11.6 Å². The van der Waals surface area contributed by atoms with Gasteiger partial charge in [-0.3, -0.25) is 9.59 Å². The zero-order chi connectivity index (χ0) is 18.4. The fraction of sp³-hybridized carbons (Fsp3) is 0.222. The average Bonchev–Trinajstić information content (AvgIpc) is 2.56. The molecule has 0 radical (unpaired) electrons. The number of nitrogens with one attached hydrogen (secondary N) is 1. The summed E-state index contributed by atoms with van der Waals surface area (Å²) in [5, 5.41) is 3.07. The van der Waals surface area contributed by atoms with Crippen molar-refractivity contribution in [3.63, 3.8) is 0 Å². The van der Waals surface area contributed by atoms with Crippen molar-refractivity contribution in [2.45, 2.75) is 13.3 Å². The Balaban J connectivity index is 1.93. The molecule has 1 N–H and O–H groups in total. The number of hydrogen-bond donors (Lipinski definition) is 1. The van der Waals surface area contributed by atoms with Crippen LogP contribution in [0.25, 0.3) is 0 Å². The molecular formula is C18H17ClF2N2O2. The Hall–Kier alpha value is -2.47. The monoisotopic (exact) mass is 366 g/mol. The van der Waals surface area contributed by atoms with Crippen molar-refractivity contribution in [3.05, 3.63) is 64.7 Å². The zero-order valence-electron chi connectivity index (χ0n) is 13.6. The molecule has 2 amide bonds. The molecular weight excluding hydrogens is 350 g/mol. The molecule has 2 aromatic carbocycles. The first kappa shape index (κ1) is 18.9. The summed E-state index contributed by atoms with van der Waals surface area (Å²) in [6, 6.07) is 10.3. The van der Waals surface area contributed by atoms with Gasteiger partial charge >= 0.3 is 0 Å². The van der Waals surface area contributed by atoms with E-state index in [9.17, 15) is 18.4 Å². The summed E-state index contributed by atoms with van der Waals surface area (Å²) in [5.74, 6) is -2.79. The molecule has 0 fully saturated rings. The Bertz CT molecular complexity index is 766. The molecule has 0 saturated carbocycles. The number of hydrogen-bond acceptors (Lipinski definition) is 2. The molecule has 0 aliphatic rings. The molecule has 0 unspecified atom stereocenters. The van der Waals surface area contributed by atoms with E-state index in [1.165, 1.54) is 17.9 Å². The van der Waals surface area contributed by atoms with Crippen LogP contribution in [0.4, 0.5) is 14.5 Å². The third-order valence-corrected chi connectivity index (χ3v) is 3.82. The topological polar surface area (TPSA) is 49.4 Å². The van der Waals surface area contributed by atoms with Crippen molar-refractivity contribution >= 4 is 29.1 Å². The molecule has 0 saturated heterocycles. The van der Waals surface area contributed by atoms with E-state index in [0.29, 0.717) is 18.0 Å². The minimum absolute atomic E-state index is 0.130. The Morgan fingerprint density at radius 3 is 2.36 bits per heavy atom. The summed E-state index contributed by atoms with van der Waals surface area (Å²) < 4.78 is 26.0. The van der Waals surface area contributed by atoms with Crippen LogP contribution in [0.15, 0.2) is 42.5 Å². The predicted molar refractivity (Wildman–Crippen MR) is 92.4 cm³/mol. The van der Waals surface area contributed by atoms with Gasteiger partial charge in [0.05, 0.1) is 6.54 Å². The van der Waals surface area contributed by atoms with Crippen molar-refractivity contribution in [2.75, 3.05) is 18.4 Å². The molecule has 2 aromatic rings. The van der Waals surface area contributed by atoms with Gasteiger partial charge in [0.2, 0.25) is 11.8 Å². The first-order valence-corrected chi connectivity index (χ1v) is 7.98. The fourth-order valence-corrected chi connectivity index (χ4v) is 2.34. The van der Waals surface area contributed by atoms with Crippen molar-refractivity contribution < 1.29 is 18.4 Å². The predicted octanol–water partition coefficient (Wildman–Crippen LogP) is 3.65. The molecule has 0 bridgehead atoms. The second-order valence-electron chi connectivity index (χ2n) is 5.49. The van der Waals surface area contributed by atoms with Crippen LogP contribution in [0.3, 0.4) is 0 Å². The maximum atomic E-state index is 13.2. The summed E-state index contributed by atoms with van der Waals surface area (Å²) in [4.78, 5) is 25.1. The molecule has 0 aliphatic carbocycles. The summed E-state index contributed by atoms with van der Waals surface area (Å²) in [6.07, 6.45) is 0.565. The van der Waals surface area contributed by atoms with E-state index >= 15 is 0 Å². The maximum Gasteiger partial charge on any atom is 0.243 e. The van der Waals surface area contributed by atoms with Gasteiger partial charge in [-0.25, -0.2) is 8.78 Å². The first-order chi connectivity index (χ1) is 11.8. The Morgan fingerprint density at radius 2 is 1.76 bits per heavy atom. The number of rotatable bonds is 6. The van der Waals surface area contributed by atoms with E-state index in [4.69, 9.17) is 11.6 Å². The lowest BCUT2D eigenvalue weighted by Crippen LogP contribution is -2.38. The third-order valence-electron chi connectivity index (χ3n) is 3.57. The van der Waals surface area contributed by atoms with Crippen LogP contribution in [-0.4, -0.2) is 29.8 Å². The van der Waals surface area contributed by atoms with Crippen LogP contribution in [0.5, 0.6) is 0 Å². The summed E-state index contributed by atoms with van der Waals surface area (Å²) in [6.45, 7) is 1.54. The lowest BCUT2D eigenvalue weighted by atomic mass is 10.1. The highest BCUT2D eigenvalue weighted by Gasteiger charge is 2.14. The van der Waals surface area contributed by atoms with E-state index in [1.807, 2.05) is 12.1 Å². The van der Waals surface area contributed by atoms with Crippen LogP contribution in [-0.2, 0) is 16.0 Å². The summed E-state index contributed by atoms with van der Waals surface area (Å²) in [7, 11) is 0. The number of nitrogens with zero attached hydrogens (tertiary/aromatic N) is 1. The number of carbonyl (C=O) groups is 2. The van der Waals surface area contributed by atoms with E-state index < -0.39 is 17.5 Å². The van der Waals surface area contributed by atoms with Crippen molar-refractivity contribution in [3.8, 4) is 0 Å². The largest absolute Gasteiger partial charge is 0.333 e. The van der Waals surface area contributed by atoms with Gasteiger partial charge in [-0.05, 0) is 36.2 Å². The smallest absolute Gasteiger partial charge is 0.243 e. The molecule has 0 atom stereocenters. The molecule has 0 heterocycles. The van der Waals surface area contributed by atoms with Crippen LogP contribution < -0.4 is 5.32 Å². The van der Waals surface area contributed by atoms with Gasteiger partial charge in [0, 0.05) is 30.2 Å². The third kappa shape index (κ3) is 5.83. The second kappa shape index (κ2) is 8.58. The van der Waals surface area contributed by atoms with Crippen molar-refractivity contribution in [1.29, 1.82) is 0 Å². The minimum Gasteiger partial charge on any atom is -0.333 e. The molecule has 0 spiro atoms. The van der Waals surface area contributed by atoms with Crippen LogP contribution in [0, 0.1) is 11.6 Å². The van der Waals surface area contributed by atoms with E-state index in [0.717, 1.165) is 17.7 Å². The fourth-order valence-electron chi connectivity index (χ4n) is 2.21. The van der Waals surface area contributed by atoms with Gasteiger partial charge in [-0.15, -0.1) is 0 Å². The van der Waals surface area contributed by atoms with Gasteiger partial charge < -0.3 is 10.2 Å². The Labute approximate surface area is 149 Å². The highest BCUT2D eigenvalue weighted by molar-refractivity contribution is 6.30. The number of amides is 2. The number of anilines is 1. The molecule has 7 heteroatoms. The second-order valence-corrected chi connectivity index (χ2v) is 5.93. The molecule has 0 aliphatic heterocycles. The minimum atomic E-state index is -1.05. The first-order valence-electron chi connectivity index (χ1n) is 7.60. The molecule has 2 rings (SSSR count). The van der Waals surface area contributed by atoms with Crippen LogP contribution in [0.1, 0.15) is 12.5 Å². The van der Waals surface area contributed by atoms with Gasteiger partial charge in [-0.1, -0.05) is 23.7 Å². The lowest BCUT2D eigenvalue weighted by molar-refractivity contribution is -0.132. The highest BCUT2D eigenvalue weighted by Crippen LogP contribution is 2.13. The molecule has 4 nitrogen and oxygen atoms in total. The summed E-state index contributed by atoms with van der Waals surface area (Å²) >= 11 is 5.82. The standard InChI is InChI=1S/C18H17ClF2N2O2/c1-12(24)23(9-8-13-2-4-14(19)5-3-13)11-18(25)22-15-6-7-16(20)17(21)10-15/h2-7,10H,8-9,11H2,1H3,(H,22,25). The number of carbonyl (C=O) groups excluding carboxylic acids is 2. The SMILES string of the molecule is CC(=O)N(CCc1ccc(Cl)cc1)CC(=O)Nc1ccc(F)c(F)c1. The molecule has 25 heavy (non-hydrogen) atoms. The van der Waals surface area contributed by atoms with E-state index in [-0.39, 0.29) is 18.1 Å². The highest BCUT2D eigenvalue weighted by atomic mass is 35.5.